The average Bonchev–Trinajstić information content (AvgIpc) is 2.76. The quantitative estimate of drug-likeness (QED) is 0.633. The Hall–Kier alpha value is -2.44. The Morgan fingerprint density at radius 2 is 1.84 bits per heavy atom. The van der Waals surface area contributed by atoms with Gasteiger partial charge in [-0.15, -0.1) is 0 Å². The van der Waals surface area contributed by atoms with Gasteiger partial charge in [-0.1, -0.05) is 35.3 Å². The van der Waals surface area contributed by atoms with Crippen LogP contribution in [-0.4, -0.2) is 42.5 Å². The van der Waals surface area contributed by atoms with Crippen LogP contribution in [0.25, 0.3) is 0 Å². The van der Waals surface area contributed by atoms with Gasteiger partial charge in [-0.2, -0.15) is 0 Å². The molecule has 0 bridgehead atoms. The van der Waals surface area contributed by atoms with Crippen LogP contribution in [0.4, 0.5) is 0 Å². The van der Waals surface area contributed by atoms with E-state index in [2.05, 4.69) is 5.32 Å². The minimum absolute atomic E-state index is 0.139. The molecule has 1 aliphatic heterocycles. The number of carbonyl (C=O) groups excluding carboxylic acids is 2. The summed E-state index contributed by atoms with van der Waals surface area (Å²) < 4.78 is 11.2. The van der Waals surface area contributed by atoms with Gasteiger partial charge in [0.25, 0.3) is 0 Å². The number of halogens is 2. The van der Waals surface area contributed by atoms with Crippen LogP contribution in [0.5, 0.6) is 11.5 Å². The summed E-state index contributed by atoms with van der Waals surface area (Å²) in [5, 5.41) is 3.76. The molecule has 0 spiro atoms. The molecule has 166 valence electrons. The highest BCUT2D eigenvalue weighted by Gasteiger charge is 2.26. The van der Waals surface area contributed by atoms with E-state index in [0.29, 0.717) is 47.7 Å². The Kier molecular flexibility index (Phi) is 8.04. The molecule has 2 aromatic carbocycles. The van der Waals surface area contributed by atoms with Gasteiger partial charge in [-0.05, 0) is 55.7 Å². The second-order valence-electron chi connectivity index (χ2n) is 7.31. The van der Waals surface area contributed by atoms with E-state index >= 15 is 0 Å². The average molecular weight is 465 g/mol. The Balaban J connectivity index is 1.74. The largest absolute Gasteiger partial charge is 0.486 e. The number of hydrogen-bond acceptors (Lipinski definition) is 4. The predicted octanol–water partition coefficient (Wildman–Crippen LogP) is 4.25. The molecule has 0 fully saturated rings. The second kappa shape index (κ2) is 10.7. The molecule has 0 aromatic heterocycles. The van der Waals surface area contributed by atoms with Crippen LogP contribution in [0, 0.1) is 0 Å². The molecule has 3 rings (SSSR count). The molecule has 0 saturated heterocycles. The first kappa shape index (κ1) is 23.2. The van der Waals surface area contributed by atoms with Crippen LogP contribution in [0.15, 0.2) is 36.4 Å². The molecule has 1 unspecified atom stereocenters. The monoisotopic (exact) mass is 464 g/mol. The van der Waals surface area contributed by atoms with Crippen LogP contribution in [-0.2, 0) is 22.6 Å². The van der Waals surface area contributed by atoms with E-state index in [9.17, 15) is 9.59 Å². The first-order chi connectivity index (χ1) is 14.9. The number of aryl methyl sites for hydroxylation is 1. The normalized spacial score (nSPS) is 13.4. The Bertz CT molecular complexity index is 951. The second-order valence-corrected chi connectivity index (χ2v) is 8.15. The number of hydrogen-bond donors (Lipinski definition) is 1. The number of nitrogens with zero attached hydrogens (tertiary/aromatic N) is 1. The van der Waals surface area contributed by atoms with Gasteiger partial charge in [0.2, 0.25) is 11.8 Å². The Morgan fingerprint density at radius 1 is 1.10 bits per heavy atom. The molecule has 0 saturated carbocycles. The van der Waals surface area contributed by atoms with Crippen molar-refractivity contribution in [3.63, 3.8) is 0 Å². The molecule has 1 heterocycles. The highest BCUT2D eigenvalue weighted by Crippen LogP contribution is 2.31. The third kappa shape index (κ3) is 6.05. The van der Waals surface area contributed by atoms with Gasteiger partial charge in [-0.25, -0.2) is 0 Å². The third-order valence-corrected chi connectivity index (χ3v) is 5.70. The van der Waals surface area contributed by atoms with Crippen LogP contribution in [0.3, 0.4) is 0 Å². The minimum Gasteiger partial charge on any atom is -0.486 e. The molecule has 31 heavy (non-hydrogen) atoms. The summed E-state index contributed by atoms with van der Waals surface area (Å²) in [6, 6.07) is 10.2. The van der Waals surface area contributed by atoms with Gasteiger partial charge >= 0.3 is 0 Å². The van der Waals surface area contributed by atoms with E-state index in [4.69, 9.17) is 32.7 Å². The zero-order chi connectivity index (χ0) is 22.4. The standard InChI is InChI=1S/C23H26Cl2N2O4/c1-3-26-23(29)15(2)27(14-17-6-7-18(24)13-19(17)25)22(28)9-5-16-4-8-20-21(12-16)31-11-10-30-20/h4,6-8,12-13,15H,3,5,9-11,14H2,1-2H3,(H,26,29). The van der Waals surface area contributed by atoms with Gasteiger partial charge in [0.05, 0.1) is 0 Å². The van der Waals surface area contributed by atoms with E-state index in [1.54, 1.807) is 30.0 Å². The van der Waals surface area contributed by atoms with Crippen LogP contribution < -0.4 is 14.8 Å². The topological polar surface area (TPSA) is 67.9 Å². The highest BCUT2D eigenvalue weighted by atomic mass is 35.5. The van der Waals surface area contributed by atoms with Crippen molar-refractivity contribution in [3.05, 3.63) is 57.6 Å². The molecule has 0 aliphatic carbocycles. The lowest BCUT2D eigenvalue weighted by Gasteiger charge is -2.29. The number of fused-ring (bicyclic) bond motifs is 1. The van der Waals surface area contributed by atoms with Gasteiger partial charge in [0.15, 0.2) is 11.5 Å². The molecule has 1 atom stereocenters. The number of rotatable bonds is 8. The lowest BCUT2D eigenvalue weighted by atomic mass is 10.1. The first-order valence-corrected chi connectivity index (χ1v) is 11.0. The fourth-order valence-electron chi connectivity index (χ4n) is 3.38. The number of benzene rings is 2. The van der Waals surface area contributed by atoms with Crippen LogP contribution in [0.1, 0.15) is 31.4 Å². The molecule has 1 N–H and O–H groups in total. The molecular weight excluding hydrogens is 439 g/mol. The van der Waals surface area contributed by atoms with E-state index < -0.39 is 6.04 Å². The summed E-state index contributed by atoms with van der Waals surface area (Å²) >= 11 is 12.3. The summed E-state index contributed by atoms with van der Waals surface area (Å²) in [4.78, 5) is 27.2. The van der Waals surface area contributed by atoms with E-state index in [0.717, 1.165) is 11.1 Å². The molecule has 8 heteroatoms. The van der Waals surface area contributed by atoms with Crippen LogP contribution >= 0.6 is 23.2 Å². The third-order valence-electron chi connectivity index (χ3n) is 5.11. The molecular formula is C23H26Cl2N2O4. The number of nitrogens with one attached hydrogen (secondary N) is 1. The summed E-state index contributed by atoms with van der Waals surface area (Å²) in [6.07, 6.45) is 0.761. The zero-order valence-corrected chi connectivity index (χ0v) is 19.1. The number of ether oxygens (including phenoxy) is 2. The zero-order valence-electron chi connectivity index (χ0n) is 17.6. The van der Waals surface area contributed by atoms with Crippen molar-refractivity contribution in [3.8, 4) is 11.5 Å². The van der Waals surface area contributed by atoms with Crippen molar-refractivity contribution in [2.45, 2.75) is 39.3 Å². The summed E-state index contributed by atoms with van der Waals surface area (Å²) in [6.45, 7) is 5.31. The molecule has 0 radical (unpaired) electrons. The van der Waals surface area contributed by atoms with Gasteiger partial charge < -0.3 is 19.7 Å². The predicted molar refractivity (Wildman–Crippen MR) is 121 cm³/mol. The van der Waals surface area contributed by atoms with Gasteiger partial charge in [0, 0.05) is 29.6 Å². The molecule has 2 amide bonds. The van der Waals surface area contributed by atoms with Crippen molar-refractivity contribution < 1.29 is 19.1 Å². The fraction of sp³-hybridized carbons (Fsp3) is 0.391. The molecule has 1 aliphatic rings. The smallest absolute Gasteiger partial charge is 0.242 e. The maximum absolute atomic E-state index is 13.2. The summed E-state index contributed by atoms with van der Waals surface area (Å²) in [5.74, 6) is 1.06. The minimum atomic E-state index is -0.639. The van der Waals surface area contributed by atoms with Gasteiger partial charge in [-0.3, -0.25) is 9.59 Å². The van der Waals surface area contributed by atoms with Crippen molar-refractivity contribution in [1.82, 2.24) is 10.2 Å². The maximum Gasteiger partial charge on any atom is 0.242 e. The Labute approximate surface area is 192 Å². The van der Waals surface area contributed by atoms with Gasteiger partial charge in [0.1, 0.15) is 19.3 Å². The number of likely N-dealkylation sites (N-methyl/N-ethyl adjacent to an activating group) is 1. The number of amides is 2. The SMILES string of the molecule is CCNC(=O)C(C)N(Cc1ccc(Cl)cc1Cl)C(=O)CCc1ccc2c(c1)OCCO2. The van der Waals surface area contributed by atoms with E-state index in [-0.39, 0.29) is 24.8 Å². The summed E-state index contributed by atoms with van der Waals surface area (Å²) in [5.41, 5.74) is 1.70. The first-order valence-electron chi connectivity index (χ1n) is 10.3. The molecule has 2 aromatic rings. The lowest BCUT2D eigenvalue weighted by molar-refractivity contribution is -0.140. The van der Waals surface area contributed by atoms with Crippen molar-refractivity contribution in [2.24, 2.45) is 0 Å². The lowest BCUT2D eigenvalue weighted by Crippen LogP contribution is -2.47. The fourth-order valence-corrected chi connectivity index (χ4v) is 3.84. The Morgan fingerprint density at radius 3 is 2.55 bits per heavy atom. The summed E-state index contributed by atoms with van der Waals surface area (Å²) in [7, 11) is 0. The van der Waals surface area contributed by atoms with Crippen molar-refractivity contribution >= 4 is 35.0 Å². The van der Waals surface area contributed by atoms with Crippen molar-refractivity contribution in [1.29, 1.82) is 0 Å². The van der Waals surface area contributed by atoms with Crippen molar-refractivity contribution in [2.75, 3.05) is 19.8 Å². The highest BCUT2D eigenvalue weighted by molar-refractivity contribution is 6.35. The maximum atomic E-state index is 13.2. The van der Waals surface area contributed by atoms with E-state index in [1.807, 2.05) is 25.1 Å². The van der Waals surface area contributed by atoms with Crippen LogP contribution in [0.2, 0.25) is 10.0 Å². The van der Waals surface area contributed by atoms with E-state index in [1.165, 1.54) is 0 Å². The number of carbonyl (C=O) groups is 2. The molecule has 6 nitrogen and oxygen atoms in total.